The lowest BCUT2D eigenvalue weighted by Crippen LogP contribution is -2.25. The van der Waals surface area contributed by atoms with Crippen molar-refractivity contribution in [2.75, 3.05) is 6.61 Å². The van der Waals surface area contributed by atoms with E-state index in [1.807, 2.05) is 55.5 Å². The van der Waals surface area contributed by atoms with Gasteiger partial charge in [0.25, 0.3) is 0 Å². The predicted octanol–water partition coefficient (Wildman–Crippen LogP) is 4.01. The Kier molecular flexibility index (Phi) is 5.72. The molecule has 0 aromatic heterocycles. The first-order valence-corrected chi connectivity index (χ1v) is 8.49. The fourth-order valence-electron chi connectivity index (χ4n) is 2.70. The Labute approximate surface area is 143 Å². The minimum atomic E-state index is -0.0494. The van der Waals surface area contributed by atoms with E-state index in [-0.39, 0.29) is 6.10 Å². The summed E-state index contributed by atoms with van der Waals surface area (Å²) in [5, 5.41) is 0. The zero-order valence-electron chi connectivity index (χ0n) is 14.1. The molecule has 0 radical (unpaired) electrons. The molecule has 0 heterocycles. The number of nitrogens with two attached hydrogens (primary N) is 1. The molecular formula is C20H25NO3. The molecule has 4 nitrogen and oxygen atoms in total. The van der Waals surface area contributed by atoms with Crippen LogP contribution in [0.3, 0.4) is 0 Å². The van der Waals surface area contributed by atoms with Crippen molar-refractivity contribution < 1.29 is 14.3 Å². The summed E-state index contributed by atoms with van der Waals surface area (Å²) in [4.78, 5) is 5.03. The highest BCUT2D eigenvalue weighted by Gasteiger charge is 2.26. The van der Waals surface area contributed by atoms with Gasteiger partial charge in [0.15, 0.2) is 0 Å². The van der Waals surface area contributed by atoms with Crippen molar-refractivity contribution in [1.29, 1.82) is 0 Å². The van der Waals surface area contributed by atoms with Gasteiger partial charge < -0.3 is 9.47 Å². The Balaban J connectivity index is 1.56. The molecule has 1 aliphatic rings. The maximum Gasteiger partial charge on any atom is 0.123 e. The molecule has 1 unspecified atom stereocenters. The summed E-state index contributed by atoms with van der Waals surface area (Å²) in [7, 11) is 0. The van der Waals surface area contributed by atoms with Gasteiger partial charge in [0.2, 0.25) is 0 Å². The van der Waals surface area contributed by atoms with E-state index in [0.29, 0.717) is 13.2 Å². The molecule has 1 atom stereocenters. The van der Waals surface area contributed by atoms with Crippen LogP contribution in [-0.4, -0.2) is 12.7 Å². The van der Waals surface area contributed by atoms with Crippen LogP contribution < -0.4 is 15.4 Å². The van der Waals surface area contributed by atoms with Crippen LogP contribution in [0.4, 0.5) is 0 Å². The molecule has 0 amide bonds. The zero-order chi connectivity index (χ0) is 16.8. The summed E-state index contributed by atoms with van der Waals surface area (Å²) in [6, 6.07) is 16.0. The molecule has 0 bridgehead atoms. The first-order chi connectivity index (χ1) is 11.7. The summed E-state index contributed by atoms with van der Waals surface area (Å²) < 4.78 is 11.8. The average molecular weight is 327 g/mol. The highest BCUT2D eigenvalue weighted by Crippen LogP contribution is 2.34. The van der Waals surface area contributed by atoms with Crippen LogP contribution in [0.1, 0.15) is 30.4 Å². The number of ether oxygens (including phenoxy) is 2. The summed E-state index contributed by atoms with van der Waals surface area (Å²) in [6.45, 7) is 3.04. The van der Waals surface area contributed by atoms with Crippen LogP contribution in [0.2, 0.25) is 0 Å². The van der Waals surface area contributed by atoms with Crippen molar-refractivity contribution in [1.82, 2.24) is 0 Å². The molecule has 4 heteroatoms. The number of benzene rings is 2. The zero-order valence-corrected chi connectivity index (χ0v) is 14.1. The SMILES string of the molecule is Cc1cc(OCc2ccccc2)cc(OCC(CC2CC2)ON)c1. The molecule has 0 saturated heterocycles. The first kappa shape index (κ1) is 16.8. The van der Waals surface area contributed by atoms with Gasteiger partial charge >= 0.3 is 0 Å². The smallest absolute Gasteiger partial charge is 0.123 e. The largest absolute Gasteiger partial charge is 0.491 e. The van der Waals surface area contributed by atoms with Gasteiger partial charge in [-0.3, -0.25) is 4.84 Å². The normalized spacial score (nSPS) is 15.1. The Hall–Kier alpha value is -2.04. The van der Waals surface area contributed by atoms with Gasteiger partial charge in [0.05, 0.1) is 0 Å². The van der Waals surface area contributed by atoms with Gasteiger partial charge in [-0.05, 0) is 42.5 Å². The second-order valence-electron chi connectivity index (χ2n) is 6.50. The van der Waals surface area contributed by atoms with Crippen molar-refractivity contribution in [3.8, 4) is 11.5 Å². The second-order valence-corrected chi connectivity index (χ2v) is 6.50. The molecule has 128 valence electrons. The molecule has 24 heavy (non-hydrogen) atoms. The average Bonchev–Trinajstić information content (AvgIpc) is 3.41. The molecule has 0 spiro atoms. The van der Waals surface area contributed by atoms with E-state index in [9.17, 15) is 0 Å². The van der Waals surface area contributed by atoms with E-state index in [4.69, 9.17) is 20.2 Å². The summed E-state index contributed by atoms with van der Waals surface area (Å²) in [5.74, 6) is 7.73. The minimum Gasteiger partial charge on any atom is -0.491 e. The first-order valence-electron chi connectivity index (χ1n) is 8.49. The molecule has 1 saturated carbocycles. The standard InChI is InChI=1S/C20H25NO3/c1-15-9-18(22-13-17-5-3-2-4-6-17)12-19(10-15)23-14-20(24-21)11-16-7-8-16/h2-6,9-10,12,16,20H,7-8,11,13-14,21H2,1H3. The van der Waals surface area contributed by atoms with Crippen molar-refractivity contribution >= 4 is 0 Å². The highest BCUT2D eigenvalue weighted by atomic mass is 16.6. The Morgan fingerprint density at radius 3 is 2.42 bits per heavy atom. The number of rotatable bonds is 9. The van der Waals surface area contributed by atoms with Crippen LogP contribution in [-0.2, 0) is 11.4 Å². The lowest BCUT2D eigenvalue weighted by Gasteiger charge is -2.16. The Morgan fingerprint density at radius 1 is 1.04 bits per heavy atom. The topological polar surface area (TPSA) is 53.7 Å². The van der Waals surface area contributed by atoms with Crippen molar-refractivity contribution in [3.63, 3.8) is 0 Å². The van der Waals surface area contributed by atoms with Crippen molar-refractivity contribution in [2.45, 2.75) is 38.9 Å². The van der Waals surface area contributed by atoms with E-state index < -0.39 is 0 Å². The van der Waals surface area contributed by atoms with Gasteiger partial charge in [-0.25, -0.2) is 5.90 Å². The molecule has 0 aliphatic heterocycles. The number of hydrogen-bond acceptors (Lipinski definition) is 4. The fraction of sp³-hybridized carbons (Fsp3) is 0.400. The van der Waals surface area contributed by atoms with Crippen LogP contribution in [0.5, 0.6) is 11.5 Å². The van der Waals surface area contributed by atoms with E-state index in [1.165, 1.54) is 12.8 Å². The van der Waals surface area contributed by atoms with Crippen LogP contribution >= 0.6 is 0 Å². The monoisotopic (exact) mass is 327 g/mol. The van der Waals surface area contributed by atoms with Crippen LogP contribution in [0.15, 0.2) is 48.5 Å². The van der Waals surface area contributed by atoms with E-state index in [0.717, 1.165) is 35.0 Å². The molecule has 1 fully saturated rings. The van der Waals surface area contributed by atoms with Gasteiger partial charge in [-0.2, -0.15) is 0 Å². The van der Waals surface area contributed by atoms with E-state index in [2.05, 4.69) is 0 Å². The van der Waals surface area contributed by atoms with Crippen LogP contribution in [0.25, 0.3) is 0 Å². The number of aryl methyl sites for hydroxylation is 1. The van der Waals surface area contributed by atoms with Gasteiger partial charge in [-0.1, -0.05) is 43.2 Å². The van der Waals surface area contributed by atoms with E-state index in [1.54, 1.807) is 0 Å². The van der Waals surface area contributed by atoms with Crippen molar-refractivity contribution in [3.05, 3.63) is 59.7 Å². The molecule has 2 aromatic rings. The maximum absolute atomic E-state index is 5.89. The fourth-order valence-corrected chi connectivity index (χ4v) is 2.70. The summed E-state index contributed by atoms with van der Waals surface area (Å²) in [5.41, 5.74) is 2.24. The molecule has 1 aliphatic carbocycles. The molecular weight excluding hydrogens is 302 g/mol. The third-order valence-corrected chi connectivity index (χ3v) is 4.19. The Bertz CT molecular complexity index is 641. The number of hydrogen-bond donors (Lipinski definition) is 1. The van der Waals surface area contributed by atoms with Crippen molar-refractivity contribution in [2.24, 2.45) is 11.8 Å². The quantitative estimate of drug-likeness (QED) is 0.707. The molecule has 2 aromatic carbocycles. The third kappa shape index (κ3) is 5.25. The molecule has 3 rings (SSSR count). The van der Waals surface area contributed by atoms with Gasteiger partial charge in [0, 0.05) is 6.07 Å². The summed E-state index contributed by atoms with van der Waals surface area (Å²) >= 11 is 0. The third-order valence-electron chi connectivity index (χ3n) is 4.19. The molecule has 2 N–H and O–H groups in total. The Morgan fingerprint density at radius 2 is 1.75 bits per heavy atom. The maximum atomic E-state index is 5.89. The second kappa shape index (κ2) is 8.18. The lowest BCUT2D eigenvalue weighted by atomic mass is 10.2. The van der Waals surface area contributed by atoms with Gasteiger partial charge in [0.1, 0.15) is 30.8 Å². The summed E-state index contributed by atoms with van der Waals surface area (Å²) in [6.07, 6.45) is 3.48. The van der Waals surface area contributed by atoms with E-state index >= 15 is 0 Å². The van der Waals surface area contributed by atoms with Crippen LogP contribution in [0, 0.1) is 12.8 Å². The minimum absolute atomic E-state index is 0.0494. The predicted molar refractivity (Wildman–Crippen MR) is 93.8 cm³/mol. The lowest BCUT2D eigenvalue weighted by molar-refractivity contribution is 0.0109. The highest BCUT2D eigenvalue weighted by molar-refractivity contribution is 5.38. The van der Waals surface area contributed by atoms with Gasteiger partial charge in [-0.15, -0.1) is 0 Å².